The van der Waals surface area contributed by atoms with Crippen LogP contribution in [0.3, 0.4) is 0 Å². The number of nitrogens with zero attached hydrogens (tertiary/aromatic N) is 4. The van der Waals surface area contributed by atoms with Crippen molar-refractivity contribution in [3.63, 3.8) is 0 Å². The smallest absolute Gasteiger partial charge is 0.416 e. The van der Waals surface area contributed by atoms with Gasteiger partial charge in [0, 0.05) is 12.6 Å². The highest BCUT2D eigenvalue weighted by molar-refractivity contribution is 5.76. The van der Waals surface area contributed by atoms with Crippen molar-refractivity contribution < 1.29 is 23.1 Å². The van der Waals surface area contributed by atoms with Crippen molar-refractivity contribution in [3.05, 3.63) is 78.6 Å². The Morgan fingerprint density at radius 2 is 1.66 bits per heavy atom. The highest BCUT2D eigenvalue weighted by Gasteiger charge is 2.38. The molecule has 1 aliphatic carbocycles. The van der Waals surface area contributed by atoms with Crippen LogP contribution in [0.1, 0.15) is 81.4 Å². The molecule has 0 bridgehead atoms. The van der Waals surface area contributed by atoms with Crippen molar-refractivity contribution in [2.24, 2.45) is 5.92 Å². The summed E-state index contributed by atoms with van der Waals surface area (Å²) in [7, 11) is 2.06. The minimum absolute atomic E-state index is 0.236. The van der Waals surface area contributed by atoms with Gasteiger partial charge in [0.05, 0.1) is 22.9 Å². The molecule has 2 atom stereocenters. The molecule has 2 saturated heterocycles. The summed E-state index contributed by atoms with van der Waals surface area (Å²) >= 11 is 0. The maximum absolute atomic E-state index is 12.8. The number of aliphatic carboxylic acids is 1. The van der Waals surface area contributed by atoms with E-state index in [1.807, 2.05) is 17.6 Å². The second-order valence-electron chi connectivity index (χ2n) is 12.4. The van der Waals surface area contributed by atoms with Gasteiger partial charge in [0.25, 0.3) is 0 Å². The Bertz CT molecular complexity index is 1330. The number of fused-ring (bicyclic) bond motifs is 1. The number of allylic oxidation sites excluding steroid dienone is 1. The molecule has 1 unspecified atom stereocenters. The van der Waals surface area contributed by atoms with E-state index < -0.39 is 17.7 Å². The van der Waals surface area contributed by atoms with E-state index in [1.54, 1.807) is 12.4 Å². The van der Waals surface area contributed by atoms with Crippen LogP contribution in [-0.4, -0.2) is 69.7 Å². The van der Waals surface area contributed by atoms with E-state index in [9.17, 15) is 23.1 Å². The largest absolute Gasteiger partial charge is 0.480 e. The van der Waals surface area contributed by atoms with Gasteiger partial charge in [-0.15, -0.1) is 6.58 Å². The quantitative estimate of drug-likeness (QED) is 0.296. The second kappa shape index (κ2) is 15.7. The summed E-state index contributed by atoms with van der Waals surface area (Å²) in [6.07, 6.45) is 7.92. The van der Waals surface area contributed by atoms with Crippen LogP contribution in [0, 0.1) is 5.92 Å². The van der Waals surface area contributed by atoms with Crippen molar-refractivity contribution in [1.29, 1.82) is 0 Å². The van der Waals surface area contributed by atoms with Crippen molar-refractivity contribution in [2.75, 3.05) is 33.2 Å². The molecule has 3 heterocycles. The molecule has 44 heavy (non-hydrogen) atoms. The van der Waals surface area contributed by atoms with Crippen LogP contribution in [0.15, 0.2) is 67.5 Å². The van der Waals surface area contributed by atoms with Gasteiger partial charge in [0.2, 0.25) is 0 Å². The number of rotatable bonds is 5. The molecule has 0 spiro atoms. The molecule has 1 saturated carbocycles. The lowest BCUT2D eigenvalue weighted by Crippen LogP contribution is -2.45. The third-order valence-electron chi connectivity index (χ3n) is 9.22. The number of halogens is 3. The molecular formula is C35H47F3N4O2. The Morgan fingerprint density at radius 1 is 1.00 bits per heavy atom. The first-order chi connectivity index (χ1) is 21.1. The van der Waals surface area contributed by atoms with Gasteiger partial charge < -0.3 is 14.6 Å². The summed E-state index contributed by atoms with van der Waals surface area (Å²) in [5, 5.41) is 9.70. The predicted molar refractivity (Wildman–Crippen MR) is 170 cm³/mol. The summed E-state index contributed by atoms with van der Waals surface area (Å²) < 4.78 is 40.3. The Hall–Kier alpha value is -3.17. The van der Waals surface area contributed by atoms with Gasteiger partial charge in [-0.25, -0.2) is 4.98 Å². The van der Waals surface area contributed by atoms with E-state index in [1.165, 1.54) is 37.0 Å². The molecule has 1 N–H and O–H groups in total. The van der Waals surface area contributed by atoms with E-state index in [-0.39, 0.29) is 12.1 Å². The van der Waals surface area contributed by atoms with Crippen LogP contribution in [-0.2, 0) is 11.0 Å². The minimum atomic E-state index is -4.31. The van der Waals surface area contributed by atoms with Crippen LogP contribution in [0.5, 0.6) is 0 Å². The lowest BCUT2D eigenvalue weighted by atomic mass is 9.83. The number of alkyl halides is 3. The van der Waals surface area contributed by atoms with Gasteiger partial charge >= 0.3 is 12.1 Å². The van der Waals surface area contributed by atoms with Gasteiger partial charge in [-0.05, 0) is 101 Å². The zero-order chi connectivity index (χ0) is 31.7. The van der Waals surface area contributed by atoms with Gasteiger partial charge in [-0.1, -0.05) is 55.7 Å². The van der Waals surface area contributed by atoms with E-state index >= 15 is 0 Å². The molecule has 2 aliphatic heterocycles. The van der Waals surface area contributed by atoms with Crippen molar-refractivity contribution >= 4 is 17.0 Å². The molecule has 9 heteroatoms. The fourth-order valence-corrected chi connectivity index (χ4v) is 6.91. The van der Waals surface area contributed by atoms with Gasteiger partial charge in [0.1, 0.15) is 6.04 Å². The number of benzene rings is 2. The molecule has 2 aromatic carbocycles. The SMILES string of the molecule is C=CC.CN1CCC(n2cnc3ccc(C(F)(F)F)cc32)CC1.O=C(O)C(C1CCCCC1)N1CC[C@@H](c2ccccc2)C1. The number of carboxylic acid groups (broad SMARTS) is 1. The maximum Gasteiger partial charge on any atom is 0.416 e. The molecular weight excluding hydrogens is 565 g/mol. The number of carbonyl (C=O) groups is 1. The average molecular weight is 613 g/mol. The molecule has 0 radical (unpaired) electrons. The van der Waals surface area contributed by atoms with Crippen LogP contribution in [0.2, 0.25) is 0 Å². The average Bonchev–Trinajstić information content (AvgIpc) is 3.67. The number of likely N-dealkylation sites (tertiary alicyclic amines) is 2. The minimum Gasteiger partial charge on any atom is -0.480 e. The van der Waals surface area contributed by atoms with Crippen molar-refractivity contribution in [3.8, 4) is 0 Å². The first-order valence-electron chi connectivity index (χ1n) is 15.9. The molecule has 0 amide bonds. The Balaban J connectivity index is 0.000000185. The second-order valence-corrected chi connectivity index (χ2v) is 12.4. The summed E-state index contributed by atoms with van der Waals surface area (Å²) in [4.78, 5) is 20.5. The number of carboxylic acids is 1. The van der Waals surface area contributed by atoms with E-state index in [0.29, 0.717) is 22.9 Å². The lowest BCUT2D eigenvalue weighted by Gasteiger charge is -2.33. The maximum atomic E-state index is 12.8. The molecule has 6 nitrogen and oxygen atoms in total. The zero-order valence-electron chi connectivity index (χ0n) is 26.1. The number of hydrogen-bond acceptors (Lipinski definition) is 4. The Morgan fingerprint density at radius 3 is 2.27 bits per heavy atom. The standard InChI is InChI=1S/C18H25NO2.C14H16F3N3.C3H6/c20-18(21)17(15-9-5-2-6-10-15)19-12-11-16(13-19)14-7-3-1-4-8-14;1-19-6-4-11(5-7-19)20-9-18-12-3-2-10(8-13(12)20)14(15,16)17;1-3-2/h1,3-4,7-8,15-17H,2,5-6,9-13H2,(H,20,21);2-3,8-9,11H,4-7H2,1H3;3H,1H2,2H3/t16-,17?;;/m1../s1. The summed E-state index contributed by atoms with van der Waals surface area (Å²) in [6.45, 7) is 9.00. The summed E-state index contributed by atoms with van der Waals surface area (Å²) in [5.74, 6) is 0.234. The zero-order valence-corrected chi connectivity index (χ0v) is 26.1. The van der Waals surface area contributed by atoms with Crippen molar-refractivity contribution in [2.45, 2.75) is 82.5 Å². The van der Waals surface area contributed by atoms with Crippen molar-refractivity contribution in [1.82, 2.24) is 19.4 Å². The lowest BCUT2D eigenvalue weighted by molar-refractivity contribution is -0.145. The van der Waals surface area contributed by atoms with Crippen LogP contribution in [0.4, 0.5) is 13.2 Å². The third-order valence-corrected chi connectivity index (χ3v) is 9.22. The number of imidazole rings is 1. The monoisotopic (exact) mass is 612 g/mol. The van der Waals surface area contributed by atoms with Gasteiger partial charge in [0.15, 0.2) is 0 Å². The fourth-order valence-electron chi connectivity index (χ4n) is 6.91. The summed E-state index contributed by atoms with van der Waals surface area (Å²) in [6, 6.07) is 14.3. The molecule has 3 fully saturated rings. The topological polar surface area (TPSA) is 61.6 Å². The predicted octanol–water partition coefficient (Wildman–Crippen LogP) is 8.02. The molecule has 1 aromatic heterocycles. The number of piperidine rings is 1. The molecule has 240 valence electrons. The molecule has 6 rings (SSSR count). The van der Waals surface area contributed by atoms with E-state index in [0.717, 1.165) is 64.3 Å². The third kappa shape index (κ3) is 8.72. The van der Waals surface area contributed by atoms with Crippen LogP contribution in [0.25, 0.3) is 11.0 Å². The fraction of sp³-hybridized carbons (Fsp3) is 0.543. The van der Waals surface area contributed by atoms with E-state index in [4.69, 9.17) is 0 Å². The Labute approximate surface area is 259 Å². The number of hydrogen-bond donors (Lipinski definition) is 1. The van der Waals surface area contributed by atoms with Crippen LogP contribution < -0.4 is 0 Å². The van der Waals surface area contributed by atoms with Gasteiger partial charge in [-0.3, -0.25) is 9.69 Å². The molecule has 3 aromatic rings. The summed E-state index contributed by atoms with van der Waals surface area (Å²) in [5.41, 5.74) is 1.94. The first-order valence-corrected chi connectivity index (χ1v) is 15.9. The highest BCUT2D eigenvalue weighted by Crippen LogP contribution is 2.35. The first kappa shape index (κ1) is 33.7. The normalized spacial score (nSPS) is 21.2. The van der Waals surface area contributed by atoms with Gasteiger partial charge in [-0.2, -0.15) is 13.2 Å². The van der Waals surface area contributed by atoms with Crippen LogP contribution >= 0.6 is 0 Å². The molecule has 3 aliphatic rings. The van der Waals surface area contributed by atoms with E-state index in [2.05, 4.69) is 52.7 Å². The number of aromatic nitrogens is 2. The Kier molecular flexibility index (Phi) is 12.0. The highest BCUT2D eigenvalue weighted by atomic mass is 19.4.